The number of benzene rings is 2. The quantitative estimate of drug-likeness (QED) is 0.530. The number of H-pyrrole nitrogens is 1. The first-order valence-corrected chi connectivity index (χ1v) is 9.27. The lowest BCUT2D eigenvalue weighted by molar-refractivity contribution is -0.130. The van der Waals surface area contributed by atoms with E-state index in [0.717, 1.165) is 27.8 Å². The zero-order valence-electron chi connectivity index (χ0n) is 15.8. The molecule has 0 radical (unpaired) electrons. The molecule has 0 aliphatic carbocycles. The number of aromatic nitrogens is 1. The Labute approximate surface area is 162 Å². The summed E-state index contributed by atoms with van der Waals surface area (Å²) in [5, 5.41) is 3.54. The van der Waals surface area contributed by atoms with Crippen LogP contribution in [0.15, 0.2) is 54.7 Å². The number of hydrogen-bond donors (Lipinski definition) is 2. The molecule has 3 amide bonds. The van der Waals surface area contributed by atoms with E-state index in [1.54, 1.807) is 25.3 Å². The Hall–Kier alpha value is -3.41. The number of hydrogen-bond acceptors (Lipinski definition) is 3. The third-order valence-electron chi connectivity index (χ3n) is 5.41. The van der Waals surface area contributed by atoms with Crippen molar-refractivity contribution < 1.29 is 14.4 Å². The molecule has 1 unspecified atom stereocenters. The highest BCUT2D eigenvalue weighted by Gasteiger charge is 2.49. The van der Waals surface area contributed by atoms with Crippen molar-refractivity contribution in [2.75, 3.05) is 6.54 Å². The van der Waals surface area contributed by atoms with Gasteiger partial charge in [0.2, 0.25) is 0 Å². The smallest absolute Gasteiger partial charge is 0.325 e. The lowest BCUT2D eigenvalue weighted by atomic mass is 9.92. The SMILES string of the molecule is CCc1cccc2c(C(=O)CN3C(=O)NC(C)(c4ccccc4)C3=O)c[nH]c12. The average molecular weight is 375 g/mol. The van der Waals surface area contributed by atoms with Crippen molar-refractivity contribution in [3.63, 3.8) is 0 Å². The number of para-hydroxylation sites is 1. The maximum absolute atomic E-state index is 13.0. The molecule has 28 heavy (non-hydrogen) atoms. The number of nitrogens with one attached hydrogen (secondary N) is 2. The fourth-order valence-electron chi connectivity index (χ4n) is 3.78. The van der Waals surface area contributed by atoms with Crippen LogP contribution in [0, 0.1) is 0 Å². The molecule has 142 valence electrons. The van der Waals surface area contributed by atoms with E-state index in [4.69, 9.17) is 0 Å². The number of urea groups is 1. The molecule has 2 aromatic carbocycles. The van der Waals surface area contributed by atoms with Crippen LogP contribution in [0.2, 0.25) is 0 Å². The molecule has 0 saturated carbocycles. The van der Waals surface area contributed by atoms with Crippen LogP contribution in [-0.4, -0.2) is 34.2 Å². The van der Waals surface area contributed by atoms with Gasteiger partial charge in [-0.05, 0) is 24.5 Å². The lowest BCUT2D eigenvalue weighted by Gasteiger charge is -2.22. The third kappa shape index (κ3) is 2.69. The molecule has 1 aliphatic heterocycles. The summed E-state index contributed by atoms with van der Waals surface area (Å²) in [5.74, 6) is -0.702. The van der Waals surface area contributed by atoms with Crippen LogP contribution in [0.4, 0.5) is 4.79 Å². The predicted octanol–water partition coefficient (Wildman–Crippen LogP) is 3.38. The maximum Gasteiger partial charge on any atom is 0.325 e. The molecule has 2 heterocycles. The largest absolute Gasteiger partial charge is 0.360 e. The minimum Gasteiger partial charge on any atom is -0.360 e. The van der Waals surface area contributed by atoms with Gasteiger partial charge in [0, 0.05) is 22.7 Å². The zero-order valence-corrected chi connectivity index (χ0v) is 15.8. The Bertz CT molecular complexity index is 1090. The van der Waals surface area contributed by atoms with Gasteiger partial charge in [-0.15, -0.1) is 0 Å². The van der Waals surface area contributed by atoms with Crippen molar-refractivity contribution in [1.29, 1.82) is 0 Å². The topological polar surface area (TPSA) is 82.3 Å². The van der Waals surface area contributed by atoms with Gasteiger partial charge in [-0.1, -0.05) is 55.5 Å². The van der Waals surface area contributed by atoms with Crippen LogP contribution in [0.3, 0.4) is 0 Å². The summed E-state index contributed by atoms with van der Waals surface area (Å²) < 4.78 is 0. The fourth-order valence-corrected chi connectivity index (χ4v) is 3.78. The minimum absolute atomic E-state index is 0.277. The minimum atomic E-state index is -1.17. The van der Waals surface area contributed by atoms with E-state index in [1.807, 2.05) is 36.4 Å². The number of Topliss-reactive ketones (excluding diaryl/α,β-unsaturated/α-hetero) is 1. The monoisotopic (exact) mass is 375 g/mol. The summed E-state index contributed by atoms with van der Waals surface area (Å²) in [6.07, 6.45) is 2.49. The molecule has 0 spiro atoms. The van der Waals surface area contributed by atoms with Gasteiger partial charge < -0.3 is 10.3 Å². The van der Waals surface area contributed by atoms with Gasteiger partial charge in [-0.3, -0.25) is 14.5 Å². The number of carbonyl (C=O) groups excluding carboxylic acids is 3. The molecule has 1 aliphatic rings. The highest BCUT2D eigenvalue weighted by Crippen LogP contribution is 2.29. The van der Waals surface area contributed by atoms with E-state index in [2.05, 4.69) is 17.2 Å². The summed E-state index contributed by atoms with van der Waals surface area (Å²) in [6.45, 7) is 3.41. The molecule has 1 aromatic heterocycles. The Morgan fingerprint density at radius 3 is 2.54 bits per heavy atom. The summed E-state index contributed by atoms with van der Waals surface area (Å²) in [5.41, 5.74) is 2.03. The zero-order chi connectivity index (χ0) is 19.9. The molecule has 1 atom stereocenters. The first-order chi connectivity index (χ1) is 13.5. The Morgan fingerprint density at radius 1 is 1.07 bits per heavy atom. The fraction of sp³-hybridized carbons (Fsp3) is 0.227. The molecule has 6 nitrogen and oxygen atoms in total. The van der Waals surface area contributed by atoms with E-state index >= 15 is 0 Å². The average Bonchev–Trinajstić information content (AvgIpc) is 3.24. The van der Waals surface area contributed by atoms with E-state index in [0.29, 0.717) is 11.1 Å². The van der Waals surface area contributed by atoms with E-state index in [9.17, 15) is 14.4 Å². The van der Waals surface area contributed by atoms with Gasteiger partial charge >= 0.3 is 6.03 Å². The molecule has 0 bridgehead atoms. The van der Waals surface area contributed by atoms with Crippen molar-refractivity contribution in [2.24, 2.45) is 0 Å². The number of imide groups is 1. The van der Waals surface area contributed by atoms with Crippen LogP contribution < -0.4 is 5.32 Å². The Kier molecular flexibility index (Phi) is 4.26. The molecule has 6 heteroatoms. The van der Waals surface area contributed by atoms with Crippen LogP contribution >= 0.6 is 0 Å². The van der Waals surface area contributed by atoms with Crippen molar-refractivity contribution in [3.05, 3.63) is 71.4 Å². The van der Waals surface area contributed by atoms with Crippen LogP contribution in [0.25, 0.3) is 10.9 Å². The molecule has 3 aromatic rings. The predicted molar refractivity (Wildman–Crippen MR) is 106 cm³/mol. The van der Waals surface area contributed by atoms with Crippen LogP contribution in [0.5, 0.6) is 0 Å². The lowest BCUT2D eigenvalue weighted by Crippen LogP contribution is -2.41. The third-order valence-corrected chi connectivity index (χ3v) is 5.41. The van der Waals surface area contributed by atoms with Crippen molar-refractivity contribution in [1.82, 2.24) is 15.2 Å². The molecular weight excluding hydrogens is 354 g/mol. The molecular formula is C22H21N3O3. The van der Waals surface area contributed by atoms with Gasteiger partial charge in [-0.2, -0.15) is 0 Å². The van der Waals surface area contributed by atoms with Gasteiger partial charge in [0.05, 0.1) is 6.54 Å². The molecule has 1 fully saturated rings. The number of ketones is 1. The van der Waals surface area contributed by atoms with E-state index in [-0.39, 0.29) is 12.3 Å². The van der Waals surface area contributed by atoms with E-state index in [1.165, 1.54) is 0 Å². The molecule has 1 saturated heterocycles. The number of aryl methyl sites for hydroxylation is 1. The normalized spacial score (nSPS) is 19.3. The highest BCUT2D eigenvalue weighted by atomic mass is 16.2. The summed E-state index contributed by atoms with van der Waals surface area (Å²) in [4.78, 5) is 42.5. The van der Waals surface area contributed by atoms with Gasteiger partial charge in [0.25, 0.3) is 5.91 Å². The van der Waals surface area contributed by atoms with Crippen LogP contribution in [-0.2, 0) is 16.8 Å². The number of carbonyl (C=O) groups is 3. The Balaban J connectivity index is 1.62. The van der Waals surface area contributed by atoms with Crippen molar-refractivity contribution in [3.8, 4) is 0 Å². The van der Waals surface area contributed by atoms with E-state index < -0.39 is 17.5 Å². The number of amides is 3. The first kappa shape index (κ1) is 18.0. The Morgan fingerprint density at radius 2 is 1.82 bits per heavy atom. The summed E-state index contributed by atoms with van der Waals surface area (Å²) in [6, 6.07) is 14.3. The van der Waals surface area contributed by atoms with Gasteiger partial charge in [0.1, 0.15) is 5.54 Å². The first-order valence-electron chi connectivity index (χ1n) is 9.27. The summed E-state index contributed by atoms with van der Waals surface area (Å²) >= 11 is 0. The van der Waals surface area contributed by atoms with Crippen molar-refractivity contribution in [2.45, 2.75) is 25.8 Å². The van der Waals surface area contributed by atoms with Gasteiger partial charge in [0.15, 0.2) is 5.78 Å². The summed E-state index contributed by atoms with van der Waals surface area (Å²) in [7, 11) is 0. The number of aromatic amines is 1. The highest BCUT2D eigenvalue weighted by molar-refractivity contribution is 6.14. The van der Waals surface area contributed by atoms with Crippen molar-refractivity contribution >= 4 is 28.6 Å². The van der Waals surface area contributed by atoms with Crippen LogP contribution in [0.1, 0.15) is 35.3 Å². The number of nitrogens with zero attached hydrogens (tertiary/aromatic N) is 1. The maximum atomic E-state index is 13.0. The van der Waals surface area contributed by atoms with Gasteiger partial charge in [-0.25, -0.2) is 4.79 Å². The second-order valence-corrected chi connectivity index (χ2v) is 7.13. The number of fused-ring (bicyclic) bond motifs is 1. The second kappa shape index (κ2) is 6.64. The standard InChI is InChI=1S/C22H21N3O3/c1-3-14-8-7-11-16-17(12-23-19(14)16)18(26)13-25-20(27)22(2,24-21(25)28)15-9-5-4-6-10-15/h4-12,23H,3,13H2,1-2H3,(H,24,28). The molecule has 2 N–H and O–H groups in total. The molecule has 4 rings (SSSR count). The number of rotatable bonds is 5. The second-order valence-electron chi connectivity index (χ2n) is 7.13.